The lowest BCUT2D eigenvalue weighted by Crippen LogP contribution is -2.41. The van der Waals surface area contributed by atoms with Gasteiger partial charge in [-0.05, 0) is 24.5 Å². The Bertz CT molecular complexity index is 665. The fourth-order valence-electron chi connectivity index (χ4n) is 3.25. The van der Waals surface area contributed by atoms with Gasteiger partial charge in [0.05, 0.1) is 12.5 Å². The molecule has 0 bridgehead atoms. The number of aryl methyl sites for hydroxylation is 1. The summed E-state index contributed by atoms with van der Waals surface area (Å²) in [7, 11) is 1.78. The van der Waals surface area contributed by atoms with E-state index in [0.717, 1.165) is 11.1 Å². The summed E-state index contributed by atoms with van der Waals surface area (Å²) in [5, 5.41) is 0. The molecule has 1 amide bonds. The van der Waals surface area contributed by atoms with Crippen molar-refractivity contribution in [2.24, 2.45) is 0 Å². The molecule has 3 rings (SSSR count). The second-order valence-corrected chi connectivity index (χ2v) is 6.57. The second kappa shape index (κ2) is 8.20. The van der Waals surface area contributed by atoms with Crippen LogP contribution in [0, 0.1) is 0 Å². The fraction of sp³-hybridized carbons (Fsp3) is 0.500. The number of furan rings is 1. The van der Waals surface area contributed by atoms with Crippen molar-refractivity contribution in [3.63, 3.8) is 0 Å². The van der Waals surface area contributed by atoms with Gasteiger partial charge in [0.1, 0.15) is 12.5 Å². The van der Waals surface area contributed by atoms with Gasteiger partial charge >= 0.3 is 0 Å². The van der Waals surface area contributed by atoms with Crippen molar-refractivity contribution in [3.8, 4) is 0 Å². The van der Waals surface area contributed by atoms with Gasteiger partial charge in [0.15, 0.2) is 0 Å². The van der Waals surface area contributed by atoms with Crippen molar-refractivity contribution in [3.05, 3.63) is 48.4 Å². The molecular weight excluding hydrogens is 323 g/mol. The minimum atomic E-state index is -0.857. The van der Waals surface area contributed by atoms with Gasteiger partial charge < -0.3 is 9.32 Å². The highest BCUT2D eigenvalue weighted by Crippen LogP contribution is 2.23. The number of likely N-dealkylation sites (N-methyl/N-ethyl adjacent to an activating group) is 1. The third-order valence-electron chi connectivity index (χ3n) is 4.59. The Balaban J connectivity index is 1.53. The molecule has 1 saturated heterocycles. The van der Waals surface area contributed by atoms with Crippen molar-refractivity contribution in [2.45, 2.75) is 38.0 Å². The highest BCUT2D eigenvalue weighted by atomic mass is 19.1. The second-order valence-electron chi connectivity index (χ2n) is 6.57. The quantitative estimate of drug-likeness (QED) is 0.768. The van der Waals surface area contributed by atoms with Gasteiger partial charge in [-0.3, -0.25) is 9.69 Å². The average molecular weight is 346 g/mol. The predicted octanol–water partition coefficient (Wildman–Crippen LogP) is 2.07. The van der Waals surface area contributed by atoms with Crippen molar-refractivity contribution >= 4 is 5.91 Å². The normalized spacial score (nSPS) is 20.7. The van der Waals surface area contributed by atoms with E-state index in [0.29, 0.717) is 38.9 Å². The number of alkyl halides is 1. The summed E-state index contributed by atoms with van der Waals surface area (Å²) in [4.78, 5) is 24.1. The SMILES string of the molecule is CN(C[C@@H]1C[C@H](F)CN1Cc1cncnc1)C(=O)CCc1ccoc1. The summed E-state index contributed by atoms with van der Waals surface area (Å²) in [6, 6.07) is 1.87. The monoisotopic (exact) mass is 346 g/mol. The topological polar surface area (TPSA) is 62.5 Å². The first-order valence-corrected chi connectivity index (χ1v) is 8.49. The summed E-state index contributed by atoms with van der Waals surface area (Å²) >= 11 is 0. The first-order valence-electron chi connectivity index (χ1n) is 8.49. The van der Waals surface area contributed by atoms with Gasteiger partial charge in [-0.1, -0.05) is 0 Å². The summed E-state index contributed by atoms with van der Waals surface area (Å²) < 4.78 is 18.9. The number of aromatic nitrogens is 2. The Morgan fingerprint density at radius 2 is 2.20 bits per heavy atom. The number of halogens is 1. The van der Waals surface area contributed by atoms with Gasteiger partial charge in [-0.2, -0.15) is 0 Å². The van der Waals surface area contributed by atoms with Crippen LogP contribution in [0.2, 0.25) is 0 Å². The number of hydrogen-bond acceptors (Lipinski definition) is 5. The molecule has 3 heterocycles. The lowest BCUT2D eigenvalue weighted by Gasteiger charge is -2.28. The van der Waals surface area contributed by atoms with Crippen LogP contribution in [0.3, 0.4) is 0 Å². The molecule has 6 nitrogen and oxygen atoms in total. The predicted molar refractivity (Wildman–Crippen MR) is 90.4 cm³/mol. The fourth-order valence-corrected chi connectivity index (χ4v) is 3.25. The zero-order valence-electron chi connectivity index (χ0n) is 14.3. The summed E-state index contributed by atoms with van der Waals surface area (Å²) in [5.74, 6) is 0.0616. The number of carbonyl (C=O) groups is 1. The Kier molecular flexibility index (Phi) is 5.75. The van der Waals surface area contributed by atoms with Crippen LogP contribution >= 0.6 is 0 Å². The van der Waals surface area contributed by atoms with Crippen LogP contribution in [0.25, 0.3) is 0 Å². The number of amides is 1. The van der Waals surface area contributed by atoms with Gasteiger partial charge in [-0.25, -0.2) is 14.4 Å². The number of likely N-dealkylation sites (tertiary alicyclic amines) is 1. The molecule has 1 fully saturated rings. The Morgan fingerprint density at radius 3 is 2.92 bits per heavy atom. The first-order chi connectivity index (χ1) is 12.1. The first kappa shape index (κ1) is 17.5. The van der Waals surface area contributed by atoms with E-state index in [9.17, 15) is 9.18 Å². The van der Waals surface area contributed by atoms with Crippen molar-refractivity contribution < 1.29 is 13.6 Å². The van der Waals surface area contributed by atoms with Crippen LogP contribution in [-0.2, 0) is 17.8 Å². The summed E-state index contributed by atoms with van der Waals surface area (Å²) in [6.07, 6.45) is 8.91. The van der Waals surface area contributed by atoms with E-state index in [1.165, 1.54) is 6.33 Å². The van der Waals surface area contributed by atoms with Crippen LogP contribution in [0.4, 0.5) is 4.39 Å². The number of carbonyl (C=O) groups excluding carboxylic acids is 1. The molecule has 25 heavy (non-hydrogen) atoms. The van der Waals surface area contributed by atoms with Crippen LogP contribution in [-0.4, -0.2) is 58.0 Å². The molecule has 0 radical (unpaired) electrons. The molecule has 1 aliphatic rings. The minimum Gasteiger partial charge on any atom is -0.472 e. The highest BCUT2D eigenvalue weighted by Gasteiger charge is 2.33. The molecule has 0 unspecified atom stereocenters. The molecule has 0 spiro atoms. The molecule has 0 aromatic carbocycles. The van der Waals surface area contributed by atoms with E-state index >= 15 is 0 Å². The smallest absolute Gasteiger partial charge is 0.222 e. The molecule has 0 saturated carbocycles. The molecule has 0 aliphatic carbocycles. The Hall–Kier alpha value is -2.28. The molecule has 1 aliphatic heterocycles. The third kappa shape index (κ3) is 4.85. The van der Waals surface area contributed by atoms with E-state index in [-0.39, 0.29) is 11.9 Å². The van der Waals surface area contributed by atoms with Gasteiger partial charge in [0.2, 0.25) is 5.91 Å². The van der Waals surface area contributed by atoms with E-state index in [1.54, 1.807) is 36.9 Å². The third-order valence-corrected chi connectivity index (χ3v) is 4.59. The van der Waals surface area contributed by atoms with Crippen molar-refractivity contribution in [1.82, 2.24) is 19.8 Å². The molecule has 2 aromatic heterocycles. The van der Waals surface area contributed by atoms with Gasteiger partial charge in [-0.15, -0.1) is 0 Å². The maximum absolute atomic E-state index is 13.9. The molecule has 2 atom stereocenters. The van der Waals surface area contributed by atoms with Crippen LogP contribution in [0.1, 0.15) is 24.0 Å². The molecule has 134 valence electrons. The molecular formula is C18H23FN4O2. The van der Waals surface area contributed by atoms with Gasteiger partial charge in [0.25, 0.3) is 0 Å². The maximum atomic E-state index is 13.9. The van der Waals surface area contributed by atoms with Gasteiger partial charge in [0, 0.05) is 57.1 Å². The highest BCUT2D eigenvalue weighted by molar-refractivity contribution is 5.76. The molecule has 0 N–H and O–H groups in total. The zero-order chi connectivity index (χ0) is 17.6. The Morgan fingerprint density at radius 1 is 1.40 bits per heavy atom. The molecule has 2 aromatic rings. The molecule has 7 heteroatoms. The van der Waals surface area contributed by atoms with E-state index < -0.39 is 6.17 Å². The number of nitrogens with zero attached hydrogens (tertiary/aromatic N) is 4. The van der Waals surface area contributed by atoms with Crippen LogP contribution in [0.15, 0.2) is 41.7 Å². The van der Waals surface area contributed by atoms with Crippen LogP contribution in [0.5, 0.6) is 0 Å². The lowest BCUT2D eigenvalue weighted by atomic mass is 10.1. The lowest BCUT2D eigenvalue weighted by molar-refractivity contribution is -0.130. The number of rotatable bonds is 7. The van der Waals surface area contributed by atoms with E-state index in [4.69, 9.17) is 4.42 Å². The minimum absolute atomic E-state index is 0.0121. The zero-order valence-corrected chi connectivity index (χ0v) is 14.3. The van der Waals surface area contributed by atoms with Crippen LogP contribution < -0.4 is 0 Å². The van der Waals surface area contributed by atoms with Crippen molar-refractivity contribution in [1.29, 1.82) is 0 Å². The largest absolute Gasteiger partial charge is 0.472 e. The Labute approximate surface area is 146 Å². The number of hydrogen-bond donors (Lipinski definition) is 0. The van der Waals surface area contributed by atoms with E-state index in [1.807, 2.05) is 6.07 Å². The maximum Gasteiger partial charge on any atom is 0.222 e. The summed E-state index contributed by atoms with van der Waals surface area (Å²) in [6.45, 7) is 1.51. The average Bonchev–Trinajstić information content (AvgIpc) is 3.23. The summed E-state index contributed by atoms with van der Waals surface area (Å²) in [5.41, 5.74) is 1.97. The standard InChI is InChI=1S/C18H23FN4O2/c1-22(18(24)3-2-14-4-5-25-12-14)11-17-6-16(19)10-23(17)9-15-7-20-13-21-8-15/h4-5,7-8,12-13,16-17H,2-3,6,9-11H2,1H3/t16-,17-/m0/s1. The van der Waals surface area contributed by atoms with E-state index in [2.05, 4.69) is 14.9 Å². The van der Waals surface area contributed by atoms with Crippen molar-refractivity contribution in [2.75, 3.05) is 20.1 Å².